The Balaban J connectivity index is 1.60. The molecule has 4 heteroatoms. The maximum Gasteiger partial charge on any atom is 0.123 e. The Morgan fingerprint density at radius 1 is 1.04 bits per heavy atom. The first-order valence-corrected chi connectivity index (χ1v) is 8.74. The first kappa shape index (κ1) is 16.9. The van der Waals surface area contributed by atoms with E-state index in [1.54, 1.807) is 12.1 Å². The molecule has 1 aliphatic heterocycles. The van der Waals surface area contributed by atoms with Gasteiger partial charge in [0, 0.05) is 18.8 Å². The minimum atomic E-state index is -0.157. The summed E-state index contributed by atoms with van der Waals surface area (Å²) >= 11 is 0. The van der Waals surface area contributed by atoms with Gasteiger partial charge in [-0.25, -0.2) is 9.82 Å². The molecule has 0 unspecified atom stereocenters. The molecule has 1 fully saturated rings. The molecule has 2 N–H and O–H groups in total. The lowest BCUT2D eigenvalue weighted by Crippen LogP contribution is -2.33. The Morgan fingerprint density at radius 3 is 2.54 bits per heavy atom. The van der Waals surface area contributed by atoms with Crippen molar-refractivity contribution in [3.8, 4) is 0 Å². The van der Waals surface area contributed by atoms with Gasteiger partial charge in [-0.3, -0.25) is 4.90 Å². The molecule has 0 spiro atoms. The van der Waals surface area contributed by atoms with E-state index in [2.05, 4.69) is 22.7 Å². The zero-order valence-electron chi connectivity index (χ0n) is 14.3. The molecule has 1 aliphatic rings. The topological polar surface area (TPSA) is 27.3 Å². The Bertz CT molecular complexity index is 637. The van der Waals surface area contributed by atoms with Crippen LogP contribution < -0.4 is 10.9 Å². The summed E-state index contributed by atoms with van der Waals surface area (Å²) in [6.07, 6.45) is 2.47. The Morgan fingerprint density at radius 2 is 1.79 bits per heavy atom. The summed E-state index contributed by atoms with van der Waals surface area (Å²) in [4.78, 5) is 2.43. The first-order valence-electron chi connectivity index (χ1n) is 8.74. The van der Waals surface area contributed by atoms with Gasteiger partial charge in [0.05, 0.1) is 0 Å². The van der Waals surface area contributed by atoms with Gasteiger partial charge in [0.15, 0.2) is 0 Å². The van der Waals surface area contributed by atoms with Crippen molar-refractivity contribution in [2.45, 2.75) is 32.9 Å². The Labute approximate surface area is 143 Å². The highest BCUT2D eigenvalue weighted by atomic mass is 19.1. The number of rotatable bonds is 6. The van der Waals surface area contributed by atoms with Crippen molar-refractivity contribution in [3.63, 3.8) is 0 Å². The molecule has 128 valence electrons. The fourth-order valence-corrected chi connectivity index (χ4v) is 3.14. The minimum absolute atomic E-state index is 0.157. The molecule has 0 saturated carbocycles. The fourth-order valence-electron chi connectivity index (χ4n) is 3.14. The van der Waals surface area contributed by atoms with E-state index in [0.717, 1.165) is 42.4 Å². The quantitative estimate of drug-likeness (QED) is 0.780. The van der Waals surface area contributed by atoms with Crippen LogP contribution in [0, 0.1) is 11.7 Å². The second-order valence-corrected chi connectivity index (χ2v) is 6.72. The third-order valence-corrected chi connectivity index (χ3v) is 4.72. The Hall–Kier alpha value is -1.91. The van der Waals surface area contributed by atoms with E-state index in [1.165, 1.54) is 12.8 Å². The smallest absolute Gasteiger partial charge is 0.123 e. The van der Waals surface area contributed by atoms with E-state index in [0.29, 0.717) is 6.54 Å². The molecule has 0 atom stereocenters. The number of benzene rings is 2. The second kappa shape index (κ2) is 8.27. The van der Waals surface area contributed by atoms with Gasteiger partial charge in [-0.1, -0.05) is 31.2 Å². The number of hydrazine groups is 1. The highest BCUT2D eigenvalue weighted by Crippen LogP contribution is 2.20. The molecule has 0 aromatic heterocycles. The molecular weight excluding hydrogens is 301 g/mol. The van der Waals surface area contributed by atoms with E-state index in [4.69, 9.17) is 0 Å². The molecule has 3 rings (SSSR count). The number of nitrogens with zero attached hydrogens (tertiary/aromatic N) is 1. The van der Waals surface area contributed by atoms with E-state index >= 15 is 0 Å². The van der Waals surface area contributed by atoms with Crippen molar-refractivity contribution < 1.29 is 4.39 Å². The van der Waals surface area contributed by atoms with Crippen molar-refractivity contribution >= 4 is 5.69 Å². The number of anilines is 1. The van der Waals surface area contributed by atoms with Crippen LogP contribution in [0.3, 0.4) is 0 Å². The van der Waals surface area contributed by atoms with Gasteiger partial charge in [0.2, 0.25) is 0 Å². The summed E-state index contributed by atoms with van der Waals surface area (Å²) in [7, 11) is 0. The normalized spacial score (nSPS) is 16.2. The molecule has 1 heterocycles. The van der Waals surface area contributed by atoms with Crippen LogP contribution in [-0.2, 0) is 13.1 Å². The molecule has 0 radical (unpaired) electrons. The number of hydrogen-bond acceptors (Lipinski definition) is 3. The predicted octanol–water partition coefficient (Wildman–Crippen LogP) is 4.17. The standard InChI is InChI=1S/C20H26FN3/c1-16-9-11-24(12-10-16)15-18-13-19(21)8-7-17(18)14-22-23-20-5-3-2-4-6-20/h2-8,13,16,22-23H,9-12,14-15H2,1H3. The first-order chi connectivity index (χ1) is 11.7. The van der Waals surface area contributed by atoms with E-state index in [9.17, 15) is 4.39 Å². The second-order valence-electron chi connectivity index (χ2n) is 6.72. The maximum atomic E-state index is 13.7. The van der Waals surface area contributed by atoms with E-state index in [-0.39, 0.29) is 5.82 Å². The largest absolute Gasteiger partial charge is 0.321 e. The SMILES string of the molecule is CC1CCN(Cc2cc(F)ccc2CNNc2ccccc2)CC1. The van der Waals surface area contributed by atoms with Crippen LogP contribution in [0.4, 0.5) is 10.1 Å². The monoisotopic (exact) mass is 327 g/mol. The number of nitrogens with one attached hydrogen (secondary N) is 2. The van der Waals surface area contributed by atoms with Crippen molar-refractivity contribution in [1.82, 2.24) is 10.3 Å². The van der Waals surface area contributed by atoms with Crippen LogP contribution >= 0.6 is 0 Å². The van der Waals surface area contributed by atoms with Gasteiger partial charge in [-0.2, -0.15) is 0 Å². The van der Waals surface area contributed by atoms with Crippen molar-refractivity contribution in [1.29, 1.82) is 0 Å². The third-order valence-electron chi connectivity index (χ3n) is 4.72. The summed E-state index contributed by atoms with van der Waals surface area (Å²) in [5, 5.41) is 0. The number of likely N-dealkylation sites (tertiary alicyclic amines) is 1. The predicted molar refractivity (Wildman–Crippen MR) is 97.0 cm³/mol. The lowest BCUT2D eigenvalue weighted by molar-refractivity contribution is 0.184. The Kier molecular flexibility index (Phi) is 5.83. The molecule has 1 saturated heterocycles. The highest BCUT2D eigenvalue weighted by Gasteiger charge is 2.17. The summed E-state index contributed by atoms with van der Waals surface area (Å²) in [6.45, 7) is 6.01. The molecular formula is C20H26FN3. The number of para-hydroxylation sites is 1. The minimum Gasteiger partial charge on any atom is -0.321 e. The summed E-state index contributed by atoms with van der Waals surface area (Å²) in [5.41, 5.74) is 9.65. The molecule has 2 aromatic carbocycles. The van der Waals surface area contributed by atoms with Gasteiger partial charge in [-0.15, -0.1) is 0 Å². The van der Waals surface area contributed by atoms with Crippen LogP contribution in [0.1, 0.15) is 30.9 Å². The molecule has 2 aromatic rings. The fraction of sp³-hybridized carbons (Fsp3) is 0.400. The number of halogens is 1. The van der Waals surface area contributed by atoms with Crippen LogP contribution in [0.5, 0.6) is 0 Å². The van der Waals surface area contributed by atoms with Crippen LogP contribution in [-0.4, -0.2) is 18.0 Å². The number of piperidine rings is 1. The molecule has 0 bridgehead atoms. The average molecular weight is 327 g/mol. The van der Waals surface area contributed by atoms with Crippen molar-refractivity contribution in [3.05, 3.63) is 65.5 Å². The molecule has 3 nitrogen and oxygen atoms in total. The zero-order valence-corrected chi connectivity index (χ0v) is 14.3. The van der Waals surface area contributed by atoms with Gasteiger partial charge >= 0.3 is 0 Å². The lowest BCUT2D eigenvalue weighted by atomic mass is 9.98. The van der Waals surface area contributed by atoms with Crippen molar-refractivity contribution in [2.24, 2.45) is 5.92 Å². The molecule has 0 aliphatic carbocycles. The highest BCUT2D eigenvalue weighted by molar-refractivity contribution is 5.41. The van der Waals surface area contributed by atoms with Gasteiger partial charge < -0.3 is 5.43 Å². The summed E-state index contributed by atoms with van der Waals surface area (Å²) in [5.74, 6) is 0.653. The lowest BCUT2D eigenvalue weighted by Gasteiger charge is -2.30. The van der Waals surface area contributed by atoms with Gasteiger partial charge in [-0.05, 0) is 67.2 Å². The average Bonchev–Trinajstić information content (AvgIpc) is 2.60. The maximum absolute atomic E-state index is 13.7. The zero-order chi connectivity index (χ0) is 16.8. The van der Waals surface area contributed by atoms with E-state index in [1.807, 2.05) is 36.4 Å². The molecule has 0 amide bonds. The summed E-state index contributed by atoms with van der Waals surface area (Å²) in [6, 6.07) is 15.1. The van der Waals surface area contributed by atoms with Crippen molar-refractivity contribution in [2.75, 3.05) is 18.5 Å². The summed E-state index contributed by atoms with van der Waals surface area (Å²) < 4.78 is 13.7. The van der Waals surface area contributed by atoms with Crippen LogP contribution in [0.2, 0.25) is 0 Å². The van der Waals surface area contributed by atoms with Crippen LogP contribution in [0.25, 0.3) is 0 Å². The van der Waals surface area contributed by atoms with Crippen LogP contribution in [0.15, 0.2) is 48.5 Å². The molecule has 24 heavy (non-hydrogen) atoms. The van der Waals surface area contributed by atoms with Gasteiger partial charge in [0.25, 0.3) is 0 Å². The number of hydrogen-bond donors (Lipinski definition) is 2. The van der Waals surface area contributed by atoms with Gasteiger partial charge in [0.1, 0.15) is 5.82 Å². The third kappa shape index (κ3) is 4.79. The van der Waals surface area contributed by atoms with E-state index < -0.39 is 0 Å².